The van der Waals surface area contributed by atoms with Gasteiger partial charge in [-0.3, -0.25) is 9.05 Å². The third-order valence-electron chi connectivity index (χ3n) is 2.35. The monoisotopic (exact) mass is 277 g/mol. The number of rotatable bonds is 4. The molecule has 0 amide bonds. The molecule has 1 heterocycles. The maximum Gasteiger partial charge on any atom is 0.457 e. The fourth-order valence-corrected chi connectivity index (χ4v) is 3.33. The van der Waals surface area contributed by atoms with Crippen LogP contribution in [0, 0.1) is 0 Å². The van der Waals surface area contributed by atoms with Crippen molar-refractivity contribution in [3.8, 4) is 0 Å². The molecule has 1 saturated heterocycles. The molecule has 0 aromatic carbocycles. The van der Waals surface area contributed by atoms with Crippen LogP contribution in [0.5, 0.6) is 0 Å². The minimum atomic E-state index is -3.46. The predicted octanol–water partition coefficient (Wildman–Crippen LogP) is 2.18. The first-order valence-electron chi connectivity index (χ1n) is 6.15. The zero-order chi connectivity index (χ0) is 14.0. The van der Waals surface area contributed by atoms with E-state index >= 15 is 0 Å². The molecular weight excluding hydrogens is 253 g/mol. The summed E-state index contributed by atoms with van der Waals surface area (Å²) in [6.45, 7) is 9.30. The number of guanidine groups is 1. The van der Waals surface area contributed by atoms with E-state index in [2.05, 4.69) is 4.76 Å². The highest BCUT2D eigenvalue weighted by atomic mass is 31.2. The second-order valence-corrected chi connectivity index (χ2v) is 6.91. The van der Waals surface area contributed by atoms with E-state index in [0.717, 1.165) is 13.1 Å². The van der Waals surface area contributed by atoms with Crippen molar-refractivity contribution >= 4 is 13.7 Å². The average Bonchev–Trinajstić information content (AvgIpc) is 2.46. The van der Waals surface area contributed by atoms with Crippen molar-refractivity contribution in [2.24, 2.45) is 4.76 Å². The highest BCUT2D eigenvalue weighted by Gasteiger charge is 2.33. The molecule has 0 aromatic rings. The van der Waals surface area contributed by atoms with Crippen LogP contribution in [0.25, 0.3) is 0 Å². The van der Waals surface area contributed by atoms with Crippen molar-refractivity contribution in [1.29, 1.82) is 0 Å². The van der Waals surface area contributed by atoms with E-state index in [-0.39, 0.29) is 0 Å². The minimum absolute atomic E-state index is 0.303. The SMILES string of the molecule is CCOP(=O)(N=C1N(C)CCN1C)OC(C)(C)C. The Labute approximate surface area is 110 Å². The van der Waals surface area contributed by atoms with Gasteiger partial charge in [0.1, 0.15) is 0 Å². The molecule has 1 aliphatic rings. The van der Waals surface area contributed by atoms with E-state index in [0.29, 0.717) is 12.6 Å². The summed E-state index contributed by atoms with van der Waals surface area (Å²) in [6.07, 6.45) is 0. The number of nitrogens with zero attached hydrogens (tertiary/aromatic N) is 3. The van der Waals surface area contributed by atoms with Gasteiger partial charge >= 0.3 is 7.75 Å². The van der Waals surface area contributed by atoms with Gasteiger partial charge in [0.2, 0.25) is 5.96 Å². The third kappa shape index (κ3) is 4.26. The van der Waals surface area contributed by atoms with Gasteiger partial charge in [0.15, 0.2) is 0 Å². The smallest absolute Gasteiger partial charge is 0.344 e. The summed E-state index contributed by atoms with van der Waals surface area (Å²) in [7, 11) is 0.365. The Morgan fingerprint density at radius 3 is 2.17 bits per heavy atom. The van der Waals surface area contributed by atoms with E-state index < -0.39 is 13.3 Å². The summed E-state index contributed by atoms with van der Waals surface area (Å²) < 4.78 is 27.6. The molecule has 0 bridgehead atoms. The second-order valence-electron chi connectivity index (χ2n) is 5.33. The molecule has 18 heavy (non-hydrogen) atoms. The zero-order valence-electron chi connectivity index (χ0n) is 12.1. The Balaban J connectivity index is 2.98. The van der Waals surface area contributed by atoms with Crippen LogP contribution in [-0.4, -0.2) is 55.2 Å². The Morgan fingerprint density at radius 2 is 1.78 bits per heavy atom. The van der Waals surface area contributed by atoms with E-state index in [1.807, 2.05) is 44.7 Å². The van der Waals surface area contributed by atoms with E-state index in [4.69, 9.17) is 9.05 Å². The molecule has 1 rings (SSSR count). The van der Waals surface area contributed by atoms with Crippen LogP contribution in [0.3, 0.4) is 0 Å². The highest BCUT2D eigenvalue weighted by molar-refractivity contribution is 7.52. The molecule has 1 atom stereocenters. The maximum atomic E-state index is 12.6. The van der Waals surface area contributed by atoms with E-state index in [1.165, 1.54) is 0 Å². The Morgan fingerprint density at radius 1 is 1.28 bits per heavy atom. The van der Waals surface area contributed by atoms with Crippen molar-refractivity contribution < 1.29 is 13.6 Å². The lowest BCUT2D eigenvalue weighted by atomic mass is 10.2. The van der Waals surface area contributed by atoms with Crippen LogP contribution in [0.2, 0.25) is 0 Å². The molecule has 106 valence electrons. The standard InChI is InChI=1S/C11H24N3O3P/c1-7-16-18(15,17-11(2,3)4)12-10-13(5)8-9-14(10)6/h7-9H2,1-6H3. The van der Waals surface area contributed by atoms with Gasteiger partial charge in [-0.25, -0.2) is 4.57 Å². The van der Waals surface area contributed by atoms with Crippen molar-refractivity contribution in [3.63, 3.8) is 0 Å². The first-order chi connectivity index (χ1) is 8.17. The Hall–Kier alpha value is -0.580. The lowest BCUT2D eigenvalue weighted by Gasteiger charge is -2.25. The van der Waals surface area contributed by atoms with Gasteiger partial charge in [-0.2, -0.15) is 0 Å². The summed E-state index contributed by atoms with van der Waals surface area (Å²) in [6, 6.07) is 0. The van der Waals surface area contributed by atoms with Gasteiger partial charge in [0.25, 0.3) is 0 Å². The van der Waals surface area contributed by atoms with Gasteiger partial charge in [0, 0.05) is 27.2 Å². The van der Waals surface area contributed by atoms with Gasteiger partial charge in [-0.1, -0.05) is 0 Å². The van der Waals surface area contributed by atoms with Gasteiger partial charge in [0.05, 0.1) is 12.2 Å². The first-order valence-corrected chi connectivity index (χ1v) is 7.64. The second kappa shape index (κ2) is 5.59. The lowest BCUT2D eigenvalue weighted by molar-refractivity contribution is 0.0966. The largest absolute Gasteiger partial charge is 0.457 e. The zero-order valence-corrected chi connectivity index (χ0v) is 13.0. The molecule has 1 fully saturated rings. The predicted molar refractivity (Wildman–Crippen MR) is 72.8 cm³/mol. The summed E-state index contributed by atoms with van der Waals surface area (Å²) in [5.41, 5.74) is -0.565. The molecule has 1 aliphatic heterocycles. The summed E-state index contributed by atoms with van der Waals surface area (Å²) in [4.78, 5) is 3.88. The quantitative estimate of drug-likeness (QED) is 0.737. The van der Waals surface area contributed by atoms with Crippen molar-refractivity contribution in [1.82, 2.24) is 9.80 Å². The molecule has 7 heteroatoms. The number of hydrogen-bond acceptors (Lipinski definition) is 3. The van der Waals surface area contributed by atoms with E-state index in [1.54, 1.807) is 6.92 Å². The molecule has 0 N–H and O–H groups in total. The van der Waals surface area contributed by atoms with E-state index in [9.17, 15) is 4.57 Å². The summed E-state index contributed by atoms with van der Waals surface area (Å²) >= 11 is 0. The van der Waals surface area contributed by atoms with Crippen LogP contribution in [-0.2, 0) is 13.6 Å². The van der Waals surface area contributed by atoms with Crippen LogP contribution in [0.4, 0.5) is 0 Å². The average molecular weight is 277 g/mol. The van der Waals surface area contributed by atoms with Gasteiger partial charge < -0.3 is 9.80 Å². The number of likely N-dealkylation sites (N-methyl/N-ethyl adjacent to an activating group) is 2. The molecular formula is C11H24N3O3P. The fraction of sp³-hybridized carbons (Fsp3) is 0.909. The Kier molecular flexibility index (Phi) is 4.81. The number of hydrogen-bond donors (Lipinski definition) is 0. The topological polar surface area (TPSA) is 54.4 Å². The third-order valence-corrected chi connectivity index (χ3v) is 4.13. The molecule has 0 saturated carbocycles. The maximum absolute atomic E-state index is 12.6. The van der Waals surface area contributed by atoms with Crippen molar-refractivity contribution in [2.75, 3.05) is 33.8 Å². The summed E-state index contributed by atoms with van der Waals surface area (Å²) in [5, 5.41) is 0. The molecule has 0 radical (unpaired) electrons. The van der Waals surface area contributed by atoms with Gasteiger partial charge in [-0.05, 0) is 27.7 Å². The van der Waals surface area contributed by atoms with Crippen LogP contribution >= 0.6 is 7.75 Å². The Bertz CT molecular complexity index is 353. The molecule has 6 nitrogen and oxygen atoms in total. The molecule has 0 aliphatic carbocycles. The molecule has 0 aromatic heterocycles. The van der Waals surface area contributed by atoms with Crippen LogP contribution in [0.15, 0.2) is 4.76 Å². The fourth-order valence-electron chi connectivity index (χ4n) is 1.64. The van der Waals surface area contributed by atoms with Crippen LogP contribution in [0.1, 0.15) is 27.7 Å². The van der Waals surface area contributed by atoms with Gasteiger partial charge in [-0.15, -0.1) is 4.76 Å². The minimum Gasteiger partial charge on any atom is -0.344 e. The summed E-state index contributed by atoms with van der Waals surface area (Å²) in [5.74, 6) is 0.649. The van der Waals surface area contributed by atoms with Crippen LogP contribution < -0.4 is 0 Å². The molecule has 0 spiro atoms. The van der Waals surface area contributed by atoms with Crippen molar-refractivity contribution in [2.45, 2.75) is 33.3 Å². The normalized spacial score (nSPS) is 20.2. The molecule has 1 unspecified atom stereocenters. The van der Waals surface area contributed by atoms with Crippen molar-refractivity contribution in [3.05, 3.63) is 0 Å². The highest BCUT2D eigenvalue weighted by Crippen LogP contribution is 2.53. The lowest BCUT2D eigenvalue weighted by Crippen LogP contribution is -2.29. The first kappa shape index (κ1) is 15.5.